The van der Waals surface area contributed by atoms with Gasteiger partial charge in [0, 0.05) is 0 Å². The number of amides is 2. The summed E-state index contributed by atoms with van der Waals surface area (Å²) in [6, 6.07) is 0. The highest BCUT2D eigenvalue weighted by atomic mass is 16.4. The molecule has 120 valence electrons. The number of aliphatic carboxylic acids is 2. The number of hydrogen-bond acceptors (Lipinski definition) is 8. The van der Waals surface area contributed by atoms with Gasteiger partial charge < -0.3 is 31.3 Å². The van der Waals surface area contributed by atoms with Gasteiger partial charge >= 0.3 is 11.9 Å². The average molecular weight is 316 g/mol. The Kier molecular flexibility index (Phi) is 5.38. The van der Waals surface area contributed by atoms with Crippen LogP contribution in [0.15, 0.2) is 10.3 Å². The molecule has 0 bridgehead atoms. The lowest BCUT2D eigenvalue weighted by Crippen LogP contribution is -2.63. The van der Waals surface area contributed by atoms with Crippen LogP contribution in [0, 0.1) is 23.7 Å². The van der Waals surface area contributed by atoms with Crippen LogP contribution in [0.1, 0.15) is 0 Å². The molecule has 1 rings (SSSR count). The van der Waals surface area contributed by atoms with Crippen molar-refractivity contribution in [3.05, 3.63) is 0 Å². The number of carboxylic acids is 2. The van der Waals surface area contributed by atoms with Crippen LogP contribution in [0.3, 0.4) is 0 Å². The van der Waals surface area contributed by atoms with E-state index in [0.717, 1.165) is 0 Å². The zero-order valence-electron chi connectivity index (χ0n) is 10.8. The van der Waals surface area contributed by atoms with Crippen molar-refractivity contribution >= 4 is 36.4 Å². The molecule has 0 heterocycles. The molecule has 12 nitrogen and oxygen atoms in total. The van der Waals surface area contributed by atoms with Crippen LogP contribution >= 0.6 is 0 Å². The predicted molar refractivity (Wildman–Crippen MR) is 66.1 cm³/mol. The van der Waals surface area contributed by atoms with E-state index in [1.807, 2.05) is 10.6 Å². The summed E-state index contributed by atoms with van der Waals surface area (Å²) in [7, 11) is 0. The number of nitrogens with one attached hydrogen (secondary N) is 2. The molecule has 1 fully saturated rings. The second kappa shape index (κ2) is 7.01. The van der Waals surface area contributed by atoms with E-state index in [1.165, 1.54) is 0 Å². The quantitative estimate of drug-likeness (QED) is 0.136. The fourth-order valence-electron chi connectivity index (χ4n) is 2.39. The summed E-state index contributed by atoms with van der Waals surface area (Å²) in [5, 5.41) is 43.3. The zero-order valence-corrected chi connectivity index (χ0v) is 10.8. The Labute approximate surface area is 122 Å². The topological polar surface area (TPSA) is 198 Å². The molecule has 4 atom stereocenters. The third-order valence-corrected chi connectivity index (χ3v) is 3.25. The Morgan fingerprint density at radius 3 is 1.27 bits per heavy atom. The standard InChI is InChI=1S/C10H12N4O8/c15-7(11-1-13-21)3-4(8(16)12-2-14-22)6(10(19)20)5(3)9(17)18/h1-6,21-22H,(H,17,18)(H,19,20)(H,11,13,15)(H,12,14,16). The summed E-state index contributed by atoms with van der Waals surface area (Å²) in [6.45, 7) is 0. The number of hydrogen-bond donors (Lipinski definition) is 6. The number of oxime groups is 2. The van der Waals surface area contributed by atoms with Gasteiger partial charge in [-0.15, -0.1) is 0 Å². The van der Waals surface area contributed by atoms with Gasteiger partial charge in [0.2, 0.25) is 11.8 Å². The number of carbonyl (C=O) groups is 4. The minimum absolute atomic E-state index is 0.555. The first-order valence-corrected chi connectivity index (χ1v) is 5.75. The average Bonchev–Trinajstić information content (AvgIpc) is 2.40. The van der Waals surface area contributed by atoms with Crippen LogP contribution in [-0.2, 0) is 19.2 Å². The summed E-state index contributed by atoms with van der Waals surface area (Å²) in [5.41, 5.74) is 0. The van der Waals surface area contributed by atoms with Crippen molar-refractivity contribution in [1.82, 2.24) is 10.6 Å². The Balaban J connectivity index is 3.09. The maximum absolute atomic E-state index is 11.8. The van der Waals surface area contributed by atoms with E-state index >= 15 is 0 Å². The van der Waals surface area contributed by atoms with E-state index in [4.69, 9.17) is 20.6 Å². The maximum Gasteiger partial charge on any atom is 0.308 e. The Bertz CT molecular complexity index is 497. The second-order valence-electron chi connectivity index (χ2n) is 4.29. The zero-order chi connectivity index (χ0) is 16.9. The molecule has 22 heavy (non-hydrogen) atoms. The van der Waals surface area contributed by atoms with Gasteiger partial charge in [-0.2, -0.15) is 0 Å². The second-order valence-corrected chi connectivity index (χ2v) is 4.29. The summed E-state index contributed by atoms with van der Waals surface area (Å²) < 4.78 is 0. The van der Waals surface area contributed by atoms with Crippen molar-refractivity contribution in [1.29, 1.82) is 0 Å². The van der Waals surface area contributed by atoms with E-state index in [9.17, 15) is 19.2 Å². The third kappa shape index (κ3) is 3.11. The van der Waals surface area contributed by atoms with Crippen LogP contribution in [0.4, 0.5) is 0 Å². The Morgan fingerprint density at radius 2 is 1.05 bits per heavy atom. The molecule has 4 unspecified atom stereocenters. The molecule has 6 N–H and O–H groups in total. The molecule has 12 heteroatoms. The van der Waals surface area contributed by atoms with Crippen LogP contribution in [-0.4, -0.2) is 57.1 Å². The predicted octanol–water partition coefficient (Wildman–Crippen LogP) is -2.30. The molecule has 0 radical (unpaired) electrons. The largest absolute Gasteiger partial charge is 0.481 e. The van der Waals surface area contributed by atoms with Crippen molar-refractivity contribution in [2.75, 3.05) is 0 Å². The Hall–Kier alpha value is -3.18. The van der Waals surface area contributed by atoms with E-state index in [0.29, 0.717) is 12.7 Å². The first-order valence-electron chi connectivity index (χ1n) is 5.75. The normalized spacial score (nSPS) is 27.3. The number of carbonyl (C=O) groups excluding carboxylic acids is 2. The summed E-state index contributed by atoms with van der Waals surface area (Å²) >= 11 is 0. The highest BCUT2D eigenvalue weighted by molar-refractivity contribution is 6.03. The number of rotatable bonds is 6. The first kappa shape index (κ1) is 16.9. The molecular formula is C10H12N4O8. The first-order chi connectivity index (χ1) is 10.4. The highest BCUT2D eigenvalue weighted by Crippen LogP contribution is 2.47. The van der Waals surface area contributed by atoms with Crippen molar-refractivity contribution < 1.29 is 39.8 Å². The van der Waals surface area contributed by atoms with Crippen LogP contribution in [0.25, 0.3) is 0 Å². The van der Waals surface area contributed by atoms with Crippen LogP contribution in [0.5, 0.6) is 0 Å². The van der Waals surface area contributed by atoms with E-state index in [2.05, 4.69) is 10.3 Å². The van der Waals surface area contributed by atoms with Gasteiger partial charge in [0.1, 0.15) is 12.7 Å². The Morgan fingerprint density at radius 1 is 0.727 bits per heavy atom. The van der Waals surface area contributed by atoms with E-state index < -0.39 is 47.4 Å². The van der Waals surface area contributed by atoms with Gasteiger partial charge in [0.25, 0.3) is 0 Å². The van der Waals surface area contributed by atoms with Gasteiger partial charge in [-0.1, -0.05) is 10.3 Å². The fraction of sp³-hybridized carbons (Fsp3) is 0.400. The molecule has 1 aliphatic carbocycles. The smallest absolute Gasteiger partial charge is 0.308 e. The molecule has 0 aromatic carbocycles. The van der Waals surface area contributed by atoms with Crippen molar-refractivity contribution in [2.45, 2.75) is 0 Å². The number of carboxylic acid groups (broad SMARTS) is 2. The van der Waals surface area contributed by atoms with Crippen molar-refractivity contribution in [3.63, 3.8) is 0 Å². The van der Waals surface area contributed by atoms with Crippen molar-refractivity contribution in [3.8, 4) is 0 Å². The lowest BCUT2D eigenvalue weighted by molar-refractivity contribution is -0.180. The molecule has 1 aliphatic rings. The fourth-order valence-corrected chi connectivity index (χ4v) is 2.39. The molecule has 0 aromatic heterocycles. The van der Waals surface area contributed by atoms with Gasteiger partial charge in [0.05, 0.1) is 23.7 Å². The highest BCUT2D eigenvalue weighted by Gasteiger charge is 2.63. The van der Waals surface area contributed by atoms with Gasteiger partial charge in [-0.3, -0.25) is 19.2 Å². The molecule has 0 saturated heterocycles. The molecule has 1 saturated carbocycles. The molecular weight excluding hydrogens is 304 g/mol. The number of nitrogens with zero attached hydrogens (tertiary/aromatic N) is 2. The lowest BCUT2D eigenvalue weighted by atomic mass is 9.55. The van der Waals surface area contributed by atoms with Crippen LogP contribution < -0.4 is 10.6 Å². The summed E-state index contributed by atoms with van der Waals surface area (Å²) in [5.74, 6) is -11.4. The third-order valence-electron chi connectivity index (χ3n) is 3.25. The lowest BCUT2D eigenvalue weighted by Gasteiger charge is -2.44. The van der Waals surface area contributed by atoms with E-state index in [1.54, 1.807) is 0 Å². The SMILES string of the molecule is O=C(O)C1C(C(=O)O)C(C(=O)NC=NO)C1C(=O)NC=NO. The molecule has 0 aromatic rings. The maximum atomic E-state index is 11.8. The van der Waals surface area contributed by atoms with Gasteiger partial charge in [-0.05, 0) is 0 Å². The van der Waals surface area contributed by atoms with Gasteiger partial charge in [-0.25, -0.2) is 0 Å². The van der Waals surface area contributed by atoms with Crippen LogP contribution in [0.2, 0.25) is 0 Å². The van der Waals surface area contributed by atoms with E-state index in [-0.39, 0.29) is 0 Å². The van der Waals surface area contributed by atoms with Gasteiger partial charge in [0.15, 0.2) is 0 Å². The van der Waals surface area contributed by atoms with Crippen molar-refractivity contribution in [2.24, 2.45) is 34.0 Å². The molecule has 2 amide bonds. The minimum atomic E-state index is -1.63. The molecule has 0 spiro atoms. The monoisotopic (exact) mass is 316 g/mol. The summed E-state index contributed by atoms with van der Waals surface area (Å²) in [4.78, 5) is 45.9. The molecule has 0 aliphatic heterocycles. The summed E-state index contributed by atoms with van der Waals surface area (Å²) in [6.07, 6.45) is 1.11. The minimum Gasteiger partial charge on any atom is -0.481 e.